The molecule has 3 nitrogen and oxygen atoms in total. The Kier molecular flexibility index (Phi) is 3.85. The predicted molar refractivity (Wildman–Crippen MR) is 81.8 cm³/mol. The summed E-state index contributed by atoms with van der Waals surface area (Å²) >= 11 is 1.68. The second-order valence-corrected chi connectivity index (χ2v) is 5.88. The lowest BCUT2D eigenvalue weighted by Gasteiger charge is -2.26. The van der Waals surface area contributed by atoms with E-state index in [9.17, 15) is 4.79 Å². The molecule has 3 rings (SSSR count). The summed E-state index contributed by atoms with van der Waals surface area (Å²) < 4.78 is 0. The maximum absolute atomic E-state index is 12.4. The molecule has 0 spiro atoms. The summed E-state index contributed by atoms with van der Waals surface area (Å²) in [6.45, 7) is 3.53. The number of nitrogens with one attached hydrogen (secondary N) is 2. The Bertz CT molecular complexity index is 620. The number of rotatable bonds is 3. The highest BCUT2D eigenvalue weighted by atomic mass is 32.1. The molecule has 20 heavy (non-hydrogen) atoms. The predicted octanol–water partition coefficient (Wildman–Crippen LogP) is 2.56. The Morgan fingerprint density at radius 1 is 1.40 bits per heavy atom. The molecule has 1 aromatic carbocycles. The zero-order chi connectivity index (χ0) is 13.9. The van der Waals surface area contributed by atoms with Gasteiger partial charge in [-0.15, -0.1) is 0 Å². The van der Waals surface area contributed by atoms with Crippen molar-refractivity contribution in [2.75, 3.05) is 6.54 Å². The van der Waals surface area contributed by atoms with E-state index in [0.29, 0.717) is 6.54 Å². The standard InChI is InChI=1S/C16H18N2OS/c1-11-9-20-10-13(11)8-18-16(19)15-14-5-3-2-4-12(14)6-7-17-15/h2-5,9-10,15,17H,6-8H2,1H3,(H,18,19). The van der Waals surface area contributed by atoms with Crippen molar-refractivity contribution in [2.24, 2.45) is 0 Å². The first-order valence-corrected chi connectivity index (χ1v) is 7.80. The maximum atomic E-state index is 12.4. The minimum absolute atomic E-state index is 0.0581. The first kappa shape index (κ1) is 13.3. The van der Waals surface area contributed by atoms with Crippen molar-refractivity contribution >= 4 is 17.2 Å². The van der Waals surface area contributed by atoms with Crippen molar-refractivity contribution in [1.82, 2.24) is 10.6 Å². The van der Waals surface area contributed by atoms with Gasteiger partial charge in [0.2, 0.25) is 5.91 Å². The molecule has 1 unspecified atom stereocenters. The molecule has 104 valence electrons. The van der Waals surface area contributed by atoms with E-state index in [1.807, 2.05) is 18.2 Å². The van der Waals surface area contributed by atoms with Gasteiger partial charge in [-0.25, -0.2) is 0 Å². The van der Waals surface area contributed by atoms with Gasteiger partial charge in [0, 0.05) is 13.1 Å². The third kappa shape index (κ3) is 2.62. The number of hydrogen-bond acceptors (Lipinski definition) is 3. The van der Waals surface area contributed by atoms with Gasteiger partial charge in [-0.1, -0.05) is 24.3 Å². The molecule has 1 atom stereocenters. The number of carbonyl (C=O) groups is 1. The number of fused-ring (bicyclic) bond motifs is 1. The fraction of sp³-hybridized carbons (Fsp3) is 0.312. The Morgan fingerprint density at radius 3 is 3.05 bits per heavy atom. The molecule has 0 saturated carbocycles. The van der Waals surface area contributed by atoms with Crippen LogP contribution in [0.3, 0.4) is 0 Å². The van der Waals surface area contributed by atoms with Crippen LogP contribution in [0, 0.1) is 6.92 Å². The van der Waals surface area contributed by atoms with Crippen LogP contribution in [-0.2, 0) is 17.8 Å². The largest absolute Gasteiger partial charge is 0.350 e. The van der Waals surface area contributed by atoms with Gasteiger partial charge >= 0.3 is 0 Å². The quantitative estimate of drug-likeness (QED) is 0.910. The van der Waals surface area contributed by atoms with E-state index in [0.717, 1.165) is 18.5 Å². The highest BCUT2D eigenvalue weighted by Crippen LogP contribution is 2.23. The lowest BCUT2D eigenvalue weighted by molar-refractivity contribution is -0.123. The number of amides is 1. The first-order valence-electron chi connectivity index (χ1n) is 6.86. The molecular formula is C16H18N2OS. The van der Waals surface area contributed by atoms with Gasteiger partial charge < -0.3 is 10.6 Å². The molecule has 0 saturated heterocycles. The number of aryl methyl sites for hydroxylation is 1. The molecule has 0 aliphatic carbocycles. The van der Waals surface area contributed by atoms with E-state index in [4.69, 9.17) is 0 Å². The maximum Gasteiger partial charge on any atom is 0.242 e. The van der Waals surface area contributed by atoms with Crippen LogP contribution >= 0.6 is 11.3 Å². The summed E-state index contributed by atoms with van der Waals surface area (Å²) in [4.78, 5) is 12.4. The Balaban J connectivity index is 1.71. The zero-order valence-corrected chi connectivity index (χ0v) is 12.3. The van der Waals surface area contributed by atoms with Crippen molar-refractivity contribution in [2.45, 2.75) is 25.9 Å². The highest BCUT2D eigenvalue weighted by Gasteiger charge is 2.25. The van der Waals surface area contributed by atoms with Crippen LogP contribution in [0.15, 0.2) is 35.0 Å². The van der Waals surface area contributed by atoms with Crippen LogP contribution in [0.25, 0.3) is 0 Å². The number of thiophene rings is 1. The van der Waals surface area contributed by atoms with Gasteiger partial charge in [0.1, 0.15) is 6.04 Å². The Hall–Kier alpha value is -1.65. The van der Waals surface area contributed by atoms with Crippen molar-refractivity contribution in [3.05, 3.63) is 57.3 Å². The highest BCUT2D eigenvalue weighted by molar-refractivity contribution is 7.08. The van der Waals surface area contributed by atoms with Gasteiger partial charge in [0.05, 0.1) is 0 Å². The van der Waals surface area contributed by atoms with E-state index < -0.39 is 0 Å². The van der Waals surface area contributed by atoms with E-state index in [-0.39, 0.29) is 11.9 Å². The monoisotopic (exact) mass is 286 g/mol. The summed E-state index contributed by atoms with van der Waals surface area (Å²) in [5.41, 5.74) is 4.83. The zero-order valence-electron chi connectivity index (χ0n) is 11.5. The first-order chi connectivity index (χ1) is 9.75. The van der Waals surface area contributed by atoms with Gasteiger partial charge in [-0.2, -0.15) is 11.3 Å². The average Bonchev–Trinajstić information content (AvgIpc) is 2.89. The van der Waals surface area contributed by atoms with Crippen molar-refractivity contribution in [3.63, 3.8) is 0 Å². The minimum atomic E-state index is -0.223. The topological polar surface area (TPSA) is 41.1 Å². The third-order valence-electron chi connectivity index (χ3n) is 3.79. The van der Waals surface area contributed by atoms with Crippen LogP contribution in [0.5, 0.6) is 0 Å². The molecule has 1 aromatic heterocycles. The fourth-order valence-electron chi connectivity index (χ4n) is 2.59. The second-order valence-electron chi connectivity index (χ2n) is 5.13. The summed E-state index contributed by atoms with van der Waals surface area (Å²) in [5.74, 6) is 0.0581. The molecule has 2 heterocycles. The molecule has 1 aliphatic heterocycles. The molecule has 4 heteroatoms. The van der Waals surface area contributed by atoms with Crippen molar-refractivity contribution in [1.29, 1.82) is 0 Å². The summed E-state index contributed by atoms with van der Waals surface area (Å²) in [6, 6.07) is 7.96. The summed E-state index contributed by atoms with van der Waals surface area (Å²) in [6.07, 6.45) is 0.990. The molecule has 0 radical (unpaired) electrons. The average molecular weight is 286 g/mol. The fourth-order valence-corrected chi connectivity index (χ4v) is 3.45. The Labute approximate surface area is 123 Å². The Morgan fingerprint density at radius 2 is 2.25 bits per heavy atom. The van der Waals surface area contributed by atoms with E-state index in [2.05, 4.69) is 34.4 Å². The van der Waals surface area contributed by atoms with E-state index in [1.54, 1.807) is 11.3 Å². The molecule has 0 fully saturated rings. The van der Waals surface area contributed by atoms with Gasteiger partial charge in [-0.3, -0.25) is 4.79 Å². The van der Waals surface area contributed by atoms with Gasteiger partial charge in [-0.05, 0) is 46.4 Å². The molecule has 2 aromatic rings. The van der Waals surface area contributed by atoms with E-state index >= 15 is 0 Å². The second kappa shape index (κ2) is 5.77. The van der Waals surface area contributed by atoms with Gasteiger partial charge in [0.25, 0.3) is 0 Å². The lowest BCUT2D eigenvalue weighted by Crippen LogP contribution is -2.41. The van der Waals surface area contributed by atoms with Crippen molar-refractivity contribution < 1.29 is 4.79 Å². The van der Waals surface area contributed by atoms with Crippen LogP contribution in [0.2, 0.25) is 0 Å². The van der Waals surface area contributed by atoms with Crippen LogP contribution in [0.4, 0.5) is 0 Å². The van der Waals surface area contributed by atoms with Crippen LogP contribution in [0.1, 0.15) is 28.3 Å². The smallest absolute Gasteiger partial charge is 0.242 e. The summed E-state index contributed by atoms with van der Waals surface area (Å²) in [5, 5.41) is 10.6. The SMILES string of the molecule is Cc1cscc1CNC(=O)C1NCCc2ccccc21. The van der Waals surface area contributed by atoms with Crippen LogP contribution in [-0.4, -0.2) is 12.5 Å². The molecule has 1 aliphatic rings. The van der Waals surface area contributed by atoms with Crippen LogP contribution < -0.4 is 10.6 Å². The minimum Gasteiger partial charge on any atom is -0.350 e. The summed E-state index contributed by atoms with van der Waals surface area (Å²) in [7, 11) is 0. The number of hydrogen-bond donors (Lipinski definition) is 2. The molecular weight excluding hydrogens is 268 g/mol. The molecule has 2 N–H and O–H groups in total. The molecule has 0 bridgehead atoms. The van der Waals surface area contributed by atoms with E-state index in [1.165, 1.54) is 16.7 Å². The number of benzene rings is 1. The molecule has 1 amide bonds. The normalized spacial score (nSPS) is 17.6. The number of carbonyl (C=O) groups excluding carboxylic acids is 1. The van der Waals surface area contributed by atoms with Crippen molar-refractivity contribution in [3.8, 4) is 0 Å². The lowest BCUT2D eigenvalue weighted by atomic mass is 9.94. The third-order valence-corrected chi connectivity index (χ3v) is 4.70. The van der Waals surface area contributed by atoms with Gasteiger partial charge in [0.15, 0.2) is 0 Å².